The topological polar surface area (TPSA) is 88.7 Å². The van der Waals surface area contributed by atoms with Gasteiger partial charge < -0.3 is 19.2 Å². The molecule has 0 aliphatic heterocycles. The predicted molar refractivity (Wildman–Crippen MR) is 78.7 cm³/mol. The summed E-state index contributed by atoms with van der Waals surface area (Å²) in [6, 6.07) is 1.99. The maximum atomic E-state index is 11.6. The number of carboxylic acids is 1. The van der Waals surface area contributed by atoms with Gasteiger partial charge in [0.05, 0.1) is 12.2 Å². The third-order valence-corrected chi connectivity index (χ3v) is 4.29. The van der Waals surface area contributed by atoms with Gasteiger partial charge in [-0.3, -0.25) is 4.79 Å². The Morgan fingerprint density at radius 3 is 2.95 bits per heavy atom. The number of rotatable bonds is 4. The molecule has 7 heteroatoms. The van der Waals surface area contributed by atoms with E-state index in [0.717, 1.165) is 6.42 Å². The highest BCUT2D eigenvalue weighted by Gasteiger charge is 2.38. The first-order valence-corrected chi connectivity index (χ1v) is 7.30. The van der Waals surface area contributed by atoms with Crippen LogP contribution < -0.4 is 4.74 Å². The number of furan rings is 1. The summed E-state index contributed by atoms with van der Waals surface area (Å²) in [5, 5.41) is 10.2. The molecule has 1 saturated carbocycles. The molecule has 2 heterocycles. The van der Waals surface area contributed by atoms with Gasteiger partial charge >= 0.3 is 5.97 Å². The molecule has 3 rings (SSSR count). The Morgan fingerprint density at radius 1 is 1.41 bits per heavy atom. The SMILES string of the molecule is CN(C)C1CCC(Oc2ncnc3occc23)C(C(=O)O)C1. The molecule has 0 radical (unpaired) electrons. The normalized spacial score (nSPS) is 25.5. The molecule has 0 spiro atoms. The van der Waals surface area contributed by atoms with E-state index in [0.29, 0.717) is 29.8 Å². The third kappa shape index (κ3) is 2.76. The van der Waals surface area contributed by atoms with Gasteiger partial charge in [0.15, 0.2) is 0 Å². The molecule has 3 atom stereocenters. The standard InChI is InChI=1S/C15H19N3O4/c1-18(2)9-3-4-12(11(7-9)15(19)20)22-14-10-5-6-21-13(10)16-8-17-14/h5-6,8-9,11-12H,3-4,7H2,1-2H3,(H,19,20). The van der Waals surface area contributed by atoms with Gasteiger partial charge in [-0.25, -0.2) is 9.97 Å². The van der Waals surface area contributed by atoms with Crippen molar-refractivity contribution in [2.24, 2.45) is 5.92 Å². The molecule has 1 aliphatic rings. The fourth-order valence-electron chi connectivity index (χ4n) is 3.00. The lowest BCUT2D eigenvalue weighted by Gasteiger charge is -2.36. The second-order valence-corrected chi connectivity index (χ2v) is 5.85. The Bertz CT molecular complexity index is 670. The summed E-state index contributed by atoms with van der Waals surface area (Å²) in [5.74, 6) is -0.981. The minimum Gasteiger partial charge on any atom is -0.481 e. The zero-order valence-electron chi connectivity index (χ0n) is 12.6. The molecular formula is C15H19N3O4. The summed E-state index contributed by atoms with van der Waals surface area (Å²) in [4.78, 5) is 21.8. The van der Waals surface area contributed by atoms with E-state index in [1.165, 1.54) is 12.6 Å². The number of hydrogen-bond acceptors (Lipinski definition) is 6. The Labute approximate surface area is 127 Å². The van der Waals surface area contributed by atoms with Crippen LogP contribution in [0.2, 0.25) is 0 Å². The van der Waals surface area contributed by atoms with Crippen LogP contribution in [0.3, 0.4) is 0 Å². The minimum atomic E-state index is -0.825. The van der Waals surface area contributed by atoms with E-state index in [9.17, 15) is 9.90 Å². The molecule has 0 aromatic carbocycles. The third-order valence-electron chi connectivity index (χ3n) is 4.29. The lowest BCUT2D eigenvalue weighted by Crippen LogP contribution is -2.44. The van der Waals surface area contributed by atoms with Gasteiger partial charge in [0, 0.05) is 6.04 Å². The summed E-state index contributed by atoms with van der Waals surface area (Å²) in [5.41, 5.74) is 0.443. The largest absolute Gasteiger partial charge is 0.481 e. The van der Waals surface area contributed by atoms with Crippen LogP contribution in [0.25, 0.3) is 11.1 Å². The van der Waals surface area contributed by atoms with E-state index < -0.39 is 11.9 Å². The van der Waals surface area contributed by atoms with Crippen molar-refractivity contribution in [2.45, 2.75) is 31.4 Å². The average molecular weight is 305 g/mol. The summed E-state index contributed by atoms with van der Waals surface area (Å²) in [6.07, 6.45) is 4.66. The molecule has 2 aromatic rings. The second kappa shape index (κ2) is 5.92. The van der Waals surface area contributed by atoms with E-state index in [-0.39, 0.29) is 12.1 Å². The highest BCUT2D eigenvalue weighted by atomic mass is 16.5. The van der Waals surface area contributed by atoms with Crippen LogP contribution in [-0.4, -0.2) is 52.2 Å². The van der Waals surface area contributed by atoms with E-state index in [1.807, 2.05) is 14.1 Å². The van der Waals surface area contributed by atoms with E-state index in [2.05, 4.69) is 14.9 Å². The Hall–Kier alpha value is -2.15. The van der Waals surface area contributed by atoms with Gasteiger partial charge in [0.1, 0.15) is 17.8 Å². The number of nitrogens with zero attached hydrogens (tertiary/aromatic N) is 3. The number of ether oxygens (including phenoxy) is 1. The first-order valence-electron chi connectivity index (χ1n) is 7.30. The van der Waals surface area contributed by atoms with Crippen LogP contribution in [-0.2, 0) is 4.79 Å². The number of carboxylic acid groups (broad SMARTS) is 1. The van der Waals surface area contributed by atoms with Gasteiger partial charge in [0.2, 0.25) is 11.6 Å². The van der Waals surface area contributed by atoms with Crippen LogP contribution in [0.15, 0.2) is 23.1 Å². The van der Waals surface area contributed by atoms with E-state index in [1.54, 1.807) is 6.07 Å². The number of hydrogen-bond donors (Lipinski definition) is 1. The molecule has 0 amide bonds. The molecule has 1 N–H and O–H groups in total. The molecule has 7 nitrogen and oxygen atoms in total. The van der Waals surface area contributed by atoms with Crippen molar-refractivity contribution in [2.75, 3.05) is 14.1 Å². The molecule has 3 unspecified atom stereocenters. The molecule has 1 aliphatic carbocycles. The van der Waals surface area contributed by atoms with Crippen molar-refractivity contribution in [3.05, 3.63) is 18.7 Å². The van der Waals surface area contributed by atoms with Crippen molar-refractivity contribution >= 4 is 17.1 Å². The first-order chi connectivity index (χ1) is 10.6. The molecule has 1 fully saturated rings. The number of carbonyl (C=O) groups is 1. The molecule has 0 saturated heterocycles. The minimum absolute atomic E-state index is 0.264. The van der Waals surface area contributed by atoms with Crippen LogP contribution in [0, 0.1) is 5.92 Å². The van der Waals surface area contributed by atoms with Crippen LogP contribution >= 0.6 is 0 Å². The van der Waals surface area contributed by atoms with Crippen molar-refractivity contribution in [3.63, 3.8) is 0 Å². The Morgan fingerprint density at radius 2 is 2.23 bits per heavy atom. The summed E-state index contributed by atoms with van der Waals surface area (Å²) in [7, 11) is 3.95. The van der Waals surface area contributed by atoms with Gasteiger partial charge in [-0.05, 0) is 39.4 Å². The second-order valence-electron chi connectivity index (χ2n) is 5.85. The lowest BCUT2D eigenvalue weighted by atomic mass is 9.82. The lowest BCUT2D eigenvalue weighted by molar-refractivity contribution is -0.147. The van der Waals surface area contributed by atoms with Gasteiger partial charge in [0.25, 0.3) is 0 Å². The molecular weight excluding hydrogens is 286 g/mol. The number of aliphatic carboxylic acids is 1. The number of fused-ring (bicyclic) bond motifs is 1. The maximum Gasteiger partial charge on any atom is 0.310 e. The Balaban J connectivity index is 1.81. The van der Waals surface area contributed by atoms with Crippen molar-refractivity contribution < 1.29 is 19.1 Å². The van der Waals surface area contributed by atoms with Crippen LogP contribution in [0.1, 0.15) is 19.3 Å². The fourth-order valence-corrected chi connectivity index (χ4v) is 3.00. The summed E-state index contributed by atoms with van der Waals surface area (Å²) >= 11 is 0. The summed E-state index contributed by atoms with van der Waals surface area (Å²) in [6.45, 7) is 0. The maximum absolute atomic E-state index is 11.6. The smallest absolute Gasteiger partial charge is 0.310 e. The van der Waals surface area contributed by atoms with Crippen LogP contribution in [0.5, 0.6) is 5.88 Å². The van der Waals surface area contributed by atoms with Gasteiger partial charge in [-0.1, -0.05) is 0 Å². The highest BCUT2D eigenvalue weighted by Crippen LogP contribution is 2.32. The van der Waals surface area contributed by atoms with Crippen molar-refractivity contribution in [3.8, 4) is 5.88 Å². The molecule has 118 valence electrons. The molecule has 2 aromatic heterocycles. The van der Waals surface area contributed by atoms with E-state index >= 15 is 0 Å². The highest BCUT2D eigenvalue weighted by molar-refractivity contribution is 5.78. The van der Waals surface area contributed by atoms with Crippen molar-refractivity contribution in [1.29, 1.82) is 0 Å². The van der Waals surface area contributed by atoms with Crippen molar-refractivity contribution in [1.82, 2.24) is 14.9 Å². The zero-order chi connectivity index (χ0) is 15.7. The number of aromatic nitrogens is 2. The van der Waals surface area contributed by atoms with Crippen LogP contribution in [0.4, 0.5) is 0 Å². The van der Waals surface area contributed by atoms with E-state index in [4.69, 9.17) is 9.15 Å². The van der Waals surface area contributed by atoms with Gasteiger partial charge in [-0.15, -0.1) is 0 Å². The molecule has 0 bridgehead atoms. The zero-order valence-corrected chi connectivity index (χ0v) is 12.6. The summed E-state index contributed by atoms with van der Waals surface area (Å²) < 4.78 is 11.1. The predicted octanol–water partition coefficient (Wildman–Crippen LogP) is 1.79. The monoisotopic (exact) mass is 305 g/mol. The quantitative estimate of drug-likeness (QED) is 0.921. The Kier molecular flexibility index (Phi) is 3.98. The average Bonchev–Trinajstić information content (AvgIpc) is 2.96. The van der Waals surface area contributed by atoms with Gasteiger partial charge in [-0.2, -0.15) is 0 Å². The fraction of sp³-hybridized carbons (Fsp3) is 0.533. The first kappa shape index (κ1) is 14.8. The molecule has 22 heavy (non-hydrogen) atoms.